The predicted octanol–water partition coefficient (Wildman–Crippen LogP) is -7.49. The Balaban J connectivity index is 1.57. The monoisotopic (exact) mass is 532 g/mol. The normalized spacial score (nSPS) is 49.9. The van der Waals surface area contributed by atoms with Crippen LogP contribution in [0, 0.1) is 0 Å². The van der Waals surface area contributed by atoms with E-state index in [1.165, 1.54) is 0 Å². The van der Waals surface area contributed by atoms with E-state index in [0.29, 0.717) is 0 Å². The highest BCUT2D eigenvalue weighted by atomic mass is 16.7. The van der Waals surface area contributed by atoms with E-state index in [2.05, 4.69) is 0 Å². The van der Waals surface area contributed by atoms with Gasteiger partial charge in [0.25, 0.3) is 0 Å². The summed E-state index contributed by atoms with van der Waals surface area (Å²) in [5.74, 6) is 0. The molecule has 0 aromatic rings. The highest BCUT2D eigenvalue weighted by molar-refractivity contribution is 5.02. The van der Waals surface area contributed by atoms with Crippen LogP contribution >= 0.6 is 0 Å². The maximum atomic E-state index is 10.3. The standard InChI is InChI=1S/C20H36O16/c21-1-7-11(24)16(29)17(30)19(35-7)33-4-10-13(26)15(28)12(25)9(34-10)3-32-6-20(5-23)18(31)14(27)8(2-22)36-20/h7-19,21-31H,1-6H2/t7?,8-,9-,10?,11+,12?,13-,14+,15+,16-,17?,18?,19+,20+/m1/s1. The molecule has 5 unspecified atom stereocenters. The van der Waals surface area contributed by atoms with Gasteiger partial charge in [-0.2, -0.15) is 0 Å². The number of aliphatic hydroxyl groups excluding tert-OH is 11. The maximum Gasteiger partial charge on any atom is 0.186 e. The molecule has 3 fully saturated rings. The van der Waals surface area contributed by atoms with E-state index in [1.807, 2.05) is 0 Å². The first-order valence-corrected chi connectivity index (χ1v) is 11.5. The van der Waals surface area contributed by atoms with Crippen LogP contribution in [0.5, 0.6) is 0 Å². The van der Waals surface area contributed by atoms with Crippen molar-refractivity contribution in [3.8, 4) is 0 Å². The Labute approximate surface area is 205 Å². The topological polar surface area (TPSA) is 269 Å². The van der Waals surface area contributed by atoms with E-state index in [0.717, 1.165) is 0 Å². The van der Waals surface area contributed by atoms with Crippen molar-refractivity contribution >= 4 is 0 Å². The zero-order chi connectivity index (χ0) is 26.8. The van der Waals surface area contributed by atoms with E-state index in [9.17, 15) is 56.2 Å². The second-order valence-corrected chi connectivity index (χ2v) is 9.23. The second-order valence-electron chi connectivity index (χ2n) is 9.23. The molecular formula is C20H36O16. The van der Waals surface area contributed by atoms with Gasteiger partial charge in [0.1, 0.15) is 78.8 Å². The van der Waals surface area contributed by atoms with E-state index in [1.54, 1.807) is 0 Å². The molecule has 0 amide bonds. The summed E-state index contributed by atoms with van der Waals surface area (Å²) in [4.78, 5) is 0. The Morgan fingerprint density at radius 3 is 1.69 bits per heavy atom. The number of ether oxygens (including phenoxy) is 5. The van der Waals surface area contributed by atoms with Crippen LogP contribution in [0.3, 0.4) is 0 Å². The van der Waals surface area contributed by atoms with Crippen LogP contribution in [0.15, 0.2) is 0 Å². The fraction of sp³-hybridized carbons (Fsp3) is 1.00. The van der Waals surface area contributed by atoms with Crippen molar-refractivity contribution in [3.63, 3.8) is 0 Å². The molecule has 16 heteroatoms. The molecule has 3 saturated heterocycles. The lowest BCUT2D eigenvalue weighted by molar-refractivity contribution is -0.315. The molecule has 16 nitrogen and oxygen atoms in total. The van der Waals surface area contributed by atoms with Crippen LogP contribution in [0.1, 0.15) is 0 Å². The summed E-state index contributed by atoms with van der Waals surface area (Å²) in [6.07, 6.45) is -19.5. The quantitative estimate of drug-likeness (QED) is 0.125. The number of hydrogen-bond acceptors (Lipinski definition) is 16. The van der Waals surface area contributed by atoms with Crippen molar-refractivity contribution < 1.29 is 79.9 Å². The molecule has 36 heavy (non-hydrogen) atoms. The second kappa shape index (κ2) is 12.5. The van der Waals surface area contributed by atoms with Gasteiger partial charge in [0.05, 0.1) is 39.6 Å². The lowest BCUT2D eigenvalue weighted by Gasteiger charge is -2.43. The minimum Gasteiger partial charge on any atom is -0.394 e. The minimum atomic E-state index is -1.77. The van der Waals surface area contributed by atoms with E-state index in [-0.39, 0.29) is 0 Å². The molecule has 0 saturated carbocycles. The van der Waals surface area contributed by atoms with Crippen molar-refractivity contribution in [2.75, 3.05) is 39.6 Å². The molecule has 0 aromatic carbocycles. The molecule has 0 aliphatic carbocycles. The lowest BCUT2D eigenvalue weighted by atomic mass is 9.95. The van der Waals surface area contributed by atoms with Gasteiger partial charge in [0.15, 0.2) is 6.29 Å². The first kappa shape index (κ1) is 29.9. The van der Waals surface area contributed by atoms with Gasteiger partial charge in [-0.3, -0.25) is 0 Å². The largest absolute Gasteiger partial charge is 0.394 e. The van der Waals surface area contributed by atoms with E-state index < -0.39 is 125 Å². The van der Waals surface area contributed by atoms with Crippen LogP contribution in [0.4, 0.5) is 0 Å². The van der Waals surface area contributed by atoms with E-state index >= 15 is 0 Å². The molecule has 3 rings (SSSR count). The fourth-order valence-corrected chi connectivity index (χ4v) is 4.44. The molecule has 3 aliphatic rings. The first-order chi connectivity index (χ1) is 17.0. The maximum absolute atomic E-state index is 10.3. The zero-order valence-electron chi connectivity index (χ0n) is 19.2. The molecule has 11 N–H and O–H groups in total. The Kier molecular flexibility index (Phi) is 10.4. The molecule has 0 bridgehead atoms. The fourth-order valence-electron chi connectivity index (χ4n) is 4.44. The number of rotatable bonds is 10. The highest BCUT2D eigenvalue weighted by Gasteiger charge is 2.54. The third-order valence-corrected chi connectivity index (χ3v) is 6.79. The molecule has 3 heterocycles. The summed E-state index contributed by atoms with van der Waals surface area (Å²) >= 11 is 0. The summed E-state index contributed by atoms with van der Waals surface area (Å²) < 4.78 is 26.9. The Morgan fingerprint density at radius 2 is 1.14 bits per heavy atom. The van der Waals surface area contributed by atoms with Crippen molar-refractivity contribution in [2.45, 2.75) is 85.1 Å². The van der Waals surface area contributed by atoms with Crippen LogP contribution in [-0.2, 0) is 23.7 Å². The summed E-state index contributed by atoms with van der Waals surface area (Å²) in [5.41, 5.74) is -1.77. The molecule has 3 aliphatic heterocycles. The van der Waals surface area contributed by atoms with Gasteiger partial charge >= 0.3 is 0 Å². The molecular weight excluding hydrogens is 496 g/mol. The third-order valence-electron chi connectivity index (χ3n) is 6.79. The molecule has 212 valence electrons. The summed E-state index contributed by atoms with van der Waals surface area (Å²) in [6.45, 7) is -3.51. The Hall–Kier alpha value is -0.640. The molecule has 0 aromatic heterocycles. The molecule has 0 radical (unpaired) electrons. The average Bonchev–Trinajstić information content (AvgIpc) is 3.12. The van der Waals surface area contributed by atoms with Gasteiger partial charge in [-0.15, -0.1) is 0 Å². The smallest absolute Gasteiger partial charge is 0.186 e. The lowest BCUT2D eigenvalue weighted by Crippen LogP contribution is -2.62. The van der Waals surface area contributed by atoms with Crippen LogP contribution in [-0.4, -0.2) is 181 Å². The average molecular weight is 532 g/mol. The van der Waals surface area contributed by atoms with Crippen LogP contribution in [0.25, 0.3) is 0 Å². The van der Waals surface area contributed by atoms with Gasteiger partial charge in [-0.05, 0) is 0 Å². The zero-order valence-corrected chi connectivity index (χ0v) is 19.2. The first-order valence-electron chi connectivity index (χ1n) is 11.5. The summed E-state index contributed by atoms with van der Waals surface area (Å²) in [6, 6.07) is 0. The van der Waals surface area contributed by atoms with Crippen molar-refractivity contribution in [1.82, 2.24) is 0 Å². The predicted molar refractivity (Wildman–Crippen MR) is 111 cm³/mol. The van der Waals surface area contributed by atoms with Gasteiger partial charge in [-0.25, -0.2) is 0 Å². The number of hydrogen-bond donors (Lipinski definition) is 11. The molecule has 0 spiro atoms. The van der Waals surface area contributed by atoms with Crippen LogP contribution < -0.4 is 0 Å². The highest BCUT2D eigenvalue weighted by Crippen LogP contribution is 2.32. The van der Waals surface area contributed by atoms with Crippen molar-refractivity contribution in [1.29, 1.82) is 0 Å². The Morgan fingerprint density at radius 1 is 0.583 bits per heavy atom. The summed E-state index contributed by atoms with van der Waals surface area (Å²) in [5, 5.41) is 109. The third kappa shape index (κ3) is 5.84. The SMILES string of the molecule is OCC1O[C@H](OCC2O[C@H](COC[C@]3(CO)O[C@H](CO)[C@H](O)C3O)C(O)[C@H](O)[C@@H]2O)C(O)[C@H](O)[C@H]1O. The number of aliphatic hydroxyl groups is 11. The van der Waals surface area contributed by atoms with Gasteiger partial charge in [-0.1, -0.05) is 0 Å². The van der Waals surface area contributed by atoms with E-state index in [4.69, 9.17) is 23.7 Å². The molecule has 14 atom stereocenters. The Bertz CT molecular complexity index is 684. The van der Waals surface area contributed by atoms with Gasteiger partial charge in [0, 0.05) is 0 Å². The van der Waals surface area contributed by atoms with Gasteiger partial charge in [0.2, 0.25) is 0 Å². The van der Waals surface area contributed by atoms with Crippen LogP contribution in [0.2, 0.25) is 0 Å². The minimum absolute atomic E-state index is 0.431. The summed E-state index contributed by atoms with van der Waals surface area (Å²) in [7, 11) is 0. The van der Waals surface area contributed by atoms with Crippen molar-refractivity contribution in [3.05, 3.63) is 0 Å². The van der Waals surface area contributed by atoms with Gasteiger partial charge < -0.3 is 79.9 Å². The van der Waals surface area contributed by atoms with Crippen molar-refractivity contribution in [2.24, 2.45) is 0 Å².